The smallest absolute Gasteiger partial charge is 0.330 e. The second-order valence-corrected chi connectivity index (χ2v) is 4.30. The van der Waals surface area contributed by atoms with E-state index >= 15 is 0 Å². The van der Waals surface area contributed by atoms with Crippen molar-refractivity contribution in [3.8, 4) is 0 Å². The fourth-order valence-electron chi connectivity index (χ4n) is 1.88. The first-order chi connectivity index (χ1) is 9.41. The zero-order valence-electron chi connectivity index (χ0n) is 11.0. The second-order valence-electron chi connectivity index (χ2n) is 4.30. The second kappa shape index (κ2) is 6.75. The van der Waals surface area contributed by atoms with Crippen LogP contribution in [-0.2, 0) is 4.74 Å². The molecule has 0 amide bonds. The Kier molecular flexibility index (Phi) is 5.57. The van der Waals surface area contributed by atoms with Gasteiger partial charge in [-0.25, -0.2) is 9.18 Å². The monoisotopic (exact) mass is 291 g/mol. The van der Waals surface area contributed by atoms with Crippen molar-refractivity contribution in [1.29, 1.82) is 0 Å². The molecule has 0 fully saturated rings. The third-order valence-corrected chi connectivity index (χ3v) is 3.16. The molecule has 0 aliphatic rings. The standard InChI is InChI=1S/C11H18FN3O5/c1-20-11(6-16,3-4-13)8(18)9(12)15-5-2-7(17)14-10(15)19/h2,5,8-9,16,18H,3-4,6,13H2,1H3,(H,14,17,19)/t8-,9-,11+/m0/s1. The van der Waals surface area contributed by atoms with Crippen LogP contribution in [0.1, 0.15) is 12.7 Å². The van der Waals surface area contributed by atoms with Crippen LogP contribution in [0.3, 0.4) is 0 Å². The van der Waals surface area contributed by atoms with Gasteiger partial charge in [-0.3, -0.25) is 14.3 Å². The number of hydrogen-bond acceptors (Lipinski definition) is 6. The van der Waals surface area contributed by atoms with Crippen LogP contribution in [-0.4, -0.2) is 51.7 Å². The fraction of sp³-hybridized carbons (Fsp3) is 0.636. The first kappa shape index (κ1) is 16.5. The van der Waals surface area contributed by atoms with Crippen LogP contribution in [0.5, 0.6) is 0 Å². The zero-order chi connectivity index (χ0) is 15.3. The molecule has 8 nitrogen and oxygen atoms in total. The van der Waals surface area contributed by atoms with Gasteiger partial charge in [-0.05, 0) is 13.0 Å². The van der Waals surface area contributed by atoms with E-state index in [9.17, 15) is 24.2 Å². The van der Waals surface area contributed by atoms with E-state index in [0.717, 1.165) is 12.3 Å². The summed E-state index contributed by atoms with van der Waals surface area (Å²) < 4.78 is 19.8. The van der Waals surface area contributed by atoms with Gasteiger partial charge in [-0.1, -0.05) is 0 Å². The Morgan fingerprint density at radius 3 is 2.70 bits per heavy atom. The van der Waals surface area contributed by atoms with Gasteiger partial charge in [-0.15, -0.1) is 0 Å². The number of H-pyrrole nitrogens is 1. The minimum atomic E-state index is -2.21. The van der Waals surface area contributed by atoms with Crippen molar-refractivity contribution in [3.05, 3.63) is 33.1 Å². The Labute approximate surface area is 113 Å². The molecule has 20 heavy (non-hydrogen) atoms. The van der Waals surface area contributed by atoms with Crippen molar-refractivity contribution in [2.45, 2.75) is 24.4 Å². The summed E-state index contributed by atoms with van der Waals surface area (Å²) in [6, 6.07) is 0.942. The van der Waals surface area contributed by atoms with Crippen LogP contribution in [0.4, 0.5) is 4.39 Å². The van der Waals surface area contributed by atoms with Gasteiger partial charge in [0.1, 0.15) is 11.7 Å². The van der Waals surface area contributed by atoms with Crippen molar-refractivity contribution in [3.63, 3.8) is 0 Å². The number of methoxy groups -OCH3 is 1. The highest BCUT2D eigenvalue weighted by Gasteiger charge is 2.43. The van der Waals surface area contributed by atoms with Crippen molar-refractivity contribution in [2.24, 2.45) is 5.73 Å². The minimum absolute atomic E-state index is 0.0142. The number of nitrogens with zero attached hydrogens (tertiary/aromatic N) is 1. The Morgan fingerprint density at radius 2 is 2.25 bits per heavy atom. The molecule has 0 saturated carbocycles. The molecular weight excluding hydrogens is 273 g/mol. The number of hydrogen-bond donors (Lipinski definition) is 4. The zero-order valence-corrected chi connectivity index (χ0v) is 11.0. The number of nitrogens with two attached hydrogens (primary N) is 1. The van der Waals surface area contributed by atoms with Crippen LogP contribution in [0.15, 0.2) is 21.9 Å². The molecule has 0 aliphatic heterocycles. The molecule has 1 aromatic rings. The molecule has 5 N–H and O–H groups in total. The molecule has 3 atom stereocenters. The lowest BCUT2D eigenvalue weighted by atomic mass is 9.92. The Hall–Kier alpha value is -1.55. The highest BCUT2D eigenvalue weighted by molar-refractivity contribution is 4.94. The van der Waals surface area contributed by atoms with Gasteiger partial charge in [0, 0.05) is 19.4 Å². The lowest BCUT2D eigenvalue weighted by Gasteiger charge is -2.36. The maximum absolute atomic E-state index is 14.3. The molecule has 0 radical (unpaired) electrons. The highest BCUT2D eigenvalue weighted by atomic mass is 19.1. The topological polar surface area (TPSA) is 131 Å². The summed E-state index contributed by atoms with van der Waals surface area (Å²) in [6.45, 7) is -0.640. The predicted octanol–water partition coefficient (Wildman–Crippen LogP) is -1.91. The number of halogens is 1. The van der Waals surface area contributed by atoms with E-state index in [4.69, 9.17) is 10.5 Å². The van der Waals surface area contributed by atoms with Gasteiger partial charge < -0.3 is 20.7 Å². The maximum atomic E-state index is 14.3. The molecule has 0 unspecified atom stereocenters. The first-order valence-electron chi connectivity index (χ1n) is 5.91. The van der Waals surface area contributed by atoms with Crippen LogP contribution in [0.25, 0.3) is 0 Å². The molecule has 114 valence electrons. The van der Waals surface area contributed by atoms with Crippen LogP contribution >= 0.6 is 0 Å². The highest BCUT2D eigenvalue weighted by Crippen LogP contribution is 2.27. The summed E-state index contributed by atoms with van der Waals surface area (Å²) in [6.07, 6.45) is -3.16. The third-order valence-electron chi connectivity index (χ3n) is 3.16. The molecular formula is C11H18FN3O5. The van der Waals surface area contributed by atoms with E-state index in [2.05, 4.69) is 0 Å². The third kappa shape index (κ3) is 3.12. The number of aliphatic hydroxyl groups is 2. The van der Waals surface area contributed by atoms with Crippen molar-refractivity contribution < 1.29 is 19.3 Å². The molecule has 0 aliphatic carbocycles. The molecule has 0 aromatic carbocycles. The fourth-order valence-corrected chi connectivity index (χ4v) is 1.88. The normalized spacial score (nSPS) is 17.4. The number of aromatic amines is 1. The summed E-state index contributed by atoms with van der Waals surface area (Å²) in [5.74, 6) is 0. The molecule has 0 spiro atoms. The summed E-state index contributed by atoms with van der Waals surface area (Å²) in [7, 11) is 1.19. The quantitative estimate of drug-likeness (QED) is 0.464. The first-order valence-corrected chi connectivity index (χ1v) is 5.91. The molecule has 1 rings (SSSR count). The molecule has 0 bridgehead atoms. The van der Waals surface area contributed by atoms with E-state index in [1.807, 2.05) is 4.98 Å². The molecule has 9 heteroatoms. The Morgan fingerprint density at radius 1 is 1.60 bits per heavy atom. The number of ether oxygens (including phenoxy) is 1. The van der Waals surface area contributed by atoms with Crippen LogP contribution in [0, 0.1) is 0 Å². The average molecular weight is 291 g/mol. The number of aliphatic hydroxyl groups excluding tert-OH is 2. The van der Waals surface area contributed by atoms with Gasteiger partial charge in [0.15, 0.2) is 0 Å². The lowest BCUT2D eigenvalue weighted by Crippen LogP contribution is -2.53. The molecule has 1 aromatic heterocycles. The number of nitrogens with one attached hydrogen (secondary N) is 1. The van der Waals surface area contributed by atoms with E-state index < -0.39 is 35.9 Å². The lowest BCUT2D eigenvalue weighted by molar-refractivity contribution is -0.166. The Bertz CT molecular complexity index is 539. The molecule has 1 heterocycles. The van der Waals surface area contributed by atoms with Gasteiger partial charge in [0.05, 0.1) is 6.61 Å². The average Bonchev–Trinajstić information content (AvgIpc) is 2.43. The van der Waals surface area contributed by atoms with Crippen molar-refractivity contribution in [1.82, 2.24) is 9.55 Å². The van der Waals surface area contributed by atoms with E-state index in [0.29, 0.717) is 4.57 Å². The largest absolute Gasteiger partial charge is 0.393 e. The van der Waals surface area contributed by atoms with Crippen LogP contribution in [0.2, 0.25) is 0 Å². The van der Waals surface area contributed by atoms with Gasteiger partial charge >= 0.3 is 5.69 Å². The predicted molar refractivity (Wildman–Crippen MR) is 68.0 cm³/mol. The van der Waals surface area contributed by atoms with E-state index in [1.165, 1.54) is 7.11 Å². The number of aromatic nitrogens is 2. The van der Waals surface area contributed by atoms with Gasteiger partial charge in [0.25, 0.3) is 5.56 Å². The van der Waals surface area contributed by atoms with Crippen molar-refractivity contribution in [2.75, 3.05) is 20.3 Å². The van der Waals surface area contributed by atoms with Crippen molar-refractivity contribution >= 4 is 0 Å². The van der Waals surface area contributed by atoms with E-state index in [1.54, 1.807) is 0 Å². The SMILES string of the molecule is CO[C@@](CO)(CCN)[C@@H](O)[C@@H](F)n1ccc(=O)[nH]c1=O. The van der Waals surface area contributed by atoms with Gasteiger partial charge in [-0.2, -0.15) is 0 Å². The Balaban J connectivity index is 3.14. The summed E-state index contributed by atoms with van der Waals surface area (Å²) in [5, 5.41) is 19.4. The summed E-state index contributed by atoms with van der Waals surface area (Å²) >= 11 is 0. The summed E-state index contributed by atoms with van der Waals surface area (Å²) in [5.41, 5.74) is 2.02. The van der Waals surface area contributed by atoms with Gasteiger partial charge in [0.2, 0.25) is 6.30 Å². The minimum Gasteiger partial charge on any atom is -0.393 e. The van der Waals surface area contributed by atoms with E-state index in [-0.39, 0.29) is 13.0 Å². The summed E-state index contributed by atoms with van der Waals surface area (Å²) in [4.78, 5) is 24.3. The molecule has 0 saturated heterocycles. The number of rotatable bonds is 7. The maximum Gasteiger partial charge on any atom is 0.330 e. The number of alkyl halides is 1. The van der Waals surface area contributed by atoms with Crippen LogP contribution < -0.4 is 17.0 Å².